The zero-order valence-corrected chi connectivity index (χ0v) is 22.0. The average molecular weight is 533 g/mol. The van der Waals surface area contributed by atoms with Crippen molar-refractivity contribution in [3.63, 3.8) is 0 Å². The van der Waals surface area contributed by atoms with Crippen LogP contribution in [0.5, 0.6) is 5.75 Å². The van der Waals surface area contributed by atoms with Gasteiger partial charge in [0.1, 0.15) is 17.6 Å². The van der Waals surface area contributed by atoms with Gasteiger partial charge in [-0.1, -0.05) is 57.9 Å². The minimum absolute atomic E-state index is 0.0156. The molecule has 0 radical (unpaired) electrons. The number of benzene rings is 2. The first-order valence-corrected chi connectivity index (χ1v) is 12.6. The molecule has 1 atom stereocenters. The van der Waals surface area contributed by atoms with Gasteiger partial charge in [-0.15, -0.1) is 0 Å². The summed E-state index contributed by atoms with van der Waals surface area (Å²) in [6, 6.07) is 11.4. The van der Waals surface area contributed by atoms with Crippen LogP contribution in [0.25, 0.3) is 0 Å². The van der Waals surface area contributed by atoms with E-state index >= 15 is 0 Å². The Bertz CT molecular complexity index is 1020. The van der Waals surface area contributed by atoms with Crippen LogP contribution in [0.15, 0.2) is 46.9 Å². The number of carbonyl (C=O) groups is 2. The van der Waals surface area contributed by atoms with E-state index in [-0.39, 0.29) is 36.4 Å². The summed E-state index contributed by atoms with van der Waals surface area (Å²) in [6.45, 7) is 7.77. The molecule has 0 bridgehead atoms. The van der Waals surface area contributed by atoms with E-state index in [2.05, 4.69) is 42.0 Å². The first-order valence-electron chi connectivity index (χ1n) is 11.8. The summed E-state index contributed by atoms with van der Waals surface area (Å²) in [6.07, 6.45) is 4.07. The molecule has 0 spiro atoms. The largest absolute Gasteiger partial charge is 0.483 e. The van der Waals surface area contributed by atoms with Crippen molar-refractivity contribution in [2.75, 3.05) is 6.61 Å². The topological polar surface area (TPSA) is 58.6 Å². The van der Waals surface area contributed by atoms with Gasteiger partial charge >= 0.3 is 0 Å². The van der Waals surface area contributed by atoms with Crippen LogP contribution < -0.4 is 10.1 Å². The van der Waals surface area contributed by atoms with Gasteiger partial charge in [0.05, 0.1) is 4.47 Å². The maximum Gasteiger partial charge on any atom is 0.261 e. The van der Waals surface area contributed by atoms with Gasteiger partial charge in [-0.3, -0.25) is 9.59 Å². The maximum absolute atomic E-state index is 14.4. The number of nitrogens with one attached hydrogen (secondary N) is 1. The Morgan fingerprint density at radius 2 is 1.85 bits per heavy atom. The van der Waals surface area contributed by atoms with Crippen LogP contribution in [0.4, 0.5) is 4.39 Å². The Labute approximate surface area is 210 Å². The number of hydrogen-bond donors (Lipinski definition) is 1. The molecular weight excluding hydrogens is 499 g/mol. The van der Waals surface area contributed by atoms with Gasteiger partial charge in [-0.05, 0) is 64.9 Å². The molecule has 0 aromatic heterocycles. The summed E-state index contributed by atoms with van der Waals surface area (Å²) in [5, 5.41) is 3.04. The smallest absolute Gasteiger partial charge is 0.261 e. The zero-order valence-electron chi connectivity index (χ0n) is 20.4. The first kappa shape index (κ1) is 26.2. The summed E-state index contributed by atoms with van der Waals surface area (Å²) >= 11 is 3.53. The lowest BCUT2D eigenvalue weighted by Gasteiger charge is -2.30. The van der Waals surface area contributed by atoms with Gasteiger partial charge in [-0.2, -0.15) is 0 Å². The Morgan fingerprint density at radius 3 is 2.47 bits per heavy atom. The second kappa shape index (κ2) is 11.3. The number of ether oxygens (including phenoxy) is 1. The van der Waals surface area contributed by atoms with Crippen molar-refractivity contribution in [2.45, 2.75) is 77.4 Å². The normalized spacial score (nSPS) is 15.1. The Kier molecular flexibility index (Phi) is 8.74. The van der Waals surface area contributed by atoms with Crippen LogP contribution in [-0.4, -0.2) is 35.4 Å². The van der Waals surface area contributed by atoms with Crippen molar-refractivity contribution in [3.05, 3.63) is 63.9 Å². The summed E-state index contributed by atoms with van der Waals surface area (Å²) in [7, 11) is 0. The number of nitrogens with zero attached hydrogens (tertiary/aromatic N) is 1. The average Bonchev–Trinajstić information content (AvgIpc) is 3.29. The first-order chi connectivity index (χ1) is 16.1. The highest BCUT2D eigenvalue weighted by Crippen LogP contribution is 2.31. The third-order valence-corrected chi connectivity index (χ3v) is 6.94. The van der Waals surface area contributed by atoms with Crippen LogP contribution in [-0.2, 0) is 21.5 Å². The molecule has 2 aromatic carbocycles. The van der Waals surface area contributed by atoms with E-state index in [0.29, 0.717) is 11.3 Å². The summed E-state index contributed by atoms with van der Waals surface area (Å²) in [5.41, 5.74) is 1.47. The summed E-state index contributed by atoms with van der Waals surface area (Å²) in [4.78, 5) is 27.6. The molecule has 1 aliphatic rings. The van der Waals surface area contributed by atoms with E-state index in [0.717, 1.165) is 35.7 Å². The van der Waals surface area contributed by atoms with Gasteiger partial charge in [0.15, 0.2) is 6.61 Å². The Hall–Kier alpha value is -2.41. The van der Waals surface area contributed by atoms with Gasteiger partial charge < -0.3 is 15.0 Å². The lowest BCUT2D eigenvalue weighted by Crippen LogP contribution is -2.50. The molecule has 0 unspecified atom stereocenters. The van der Waals surface area contributed by atoms with Crippen molar-refractivity contribution in [1.29, 1.82) is 0 Å². The number of rotatable bonds is 8. The van der Waals surface area contributed by atoms with Crippen molar-refractivity contribution in [3.8, 4) is 5.75 Å². The molecule has 0 saturated heterocycles. The van der Waals surface area contributed by atoms with E-state index in [1.54, 1.807) is 25.1 Å². The van der Waals surface area contributed by atoms with Crippen molar-refractivity contribution in [2.24, 2.45) is 0 Å². The summed E-state index contributed by atoms with van der Waals surface area (Å²) < 4.78 is 20.9. The molecule has 34 heavy (non-hydrogen) atoms. The van der Waals surface area contributed by atoms with Crippen LogP contribution in [0.3, 0.4) is 0 Å². The van der Waals surface area contributed by atoms with Crippen LogP contribution >= 0.6 is 15.9 Å². The minimum Gasteiger partial charge on any atom is -0.483 e. The van der Waals surface area contributed by atoms with Crippen molar-refractivity contribution < 1.29 is 18.7 Å². The molecule has 2 aromatic rings. The third kappa shape index (κ3) is 6.81. The molecule has 0 aliphatic heterocycles. The van der Waals surface area contributed by atoms with Crippen LogP contribution in [0.1, 0.15) is 64.5 Å². The molecule has 7 heteroatoms. The van der Waals surface area contributed by atoms with E-state index in [1.165, 1.54) is 11.0 Å². The SMILES string of the molecule is C[C@@H](C(=O)NC1CCCC1)N(Cc1ccccc1F)C(=O)COc1ccc(C(C)(C)C)cc1Br. The fourth-order valence-electron chi connectivity index (χ4n) is 4.09. The molecule has 3 rings (SSSR count). The van der Waals surface area contributed by atoms with Gasteiger partial charge in [0, 0.05) is 18.2 Å². The molecule has 2 amide bonds. The minimum atomic E-state index is -0.761. The van der Waals surface area contributed by atoms with E-state index in [1.807, 2.05) is 18.2 Å². The highest BCUT2D eigenvalue weighted by atomic mass is 79.9. The Balaban J connectivity index is 1.74. The number of amides is 2. The second-order valence-electron chi connectivity index (χ2n) is 9.96. The number of hydrogen-bond acceptors (Lipinski definition) is 3. The quantitative estimate of drug-likeness (QED) is 0.471. The molecule has 1 saturated carbocycles. The second-order valence-corrected chi connectivity index (χ2v) is 10.8. The third-order valence-electron chi connectivity index (χ3n) is 6.32. The standard InChI is InChI=1S/C27H34BrFN2O3/c1-18(26(33)30-21-10-6-7-11-21)31(16-19-9-5-8-12-23(19)29)25(32)17-34-24-14-13-20(15-22(24)28)27(2,3)4/h5,8-9,12-15,18,21H,6-7,10-11,16-17H2,1-4H3,(H,30,33)/t18-/m0/s1. The van der Waals surface area contributed by atoms with Gasteiger partial charge in [0.25, 0.3) is 5.91 Å². The molecule has 184 valence electrons. The number of halogens is 2. The van der Waals surface area contributed by atoms with Gasteiger partial charge in [0.2, 0.25) is 5.91 Å². The molecule has 1 aliphatic carbocycles. The predicted molar refractivity (Wildman–Crippen MR) is 135 cm³/mol. The fraction of sp³-hybridized carbons (Fsp3) is 0.481. The molecule has 5 nitrogen and oxygen atoms in total. The van der Waals surface area contributed by atoms with Gasteiger partial charge in [-0.25, -0.2) is 4.39 Å². The lowest BCUT2D eigenvalue weighted by molar-refractivity contribution is -0.142. The molecule has 1 N–H and O–H groups in total. The predicted octanol–water partition coefficient (Wildman–Crippen LogP) is 5.74. The van der Waals surface area contributed by atoms with Crippen molar-refractivity contribution in [1.82, 2.24) is 10.2 Å². The van der Waals surface area contributed by atoms with Crippen LogP contribution in [0, 0.1) is 5.82 Å². The fourth-order valence-corrected chi connectivity index (χ4v) is 4.58. The van der Waals surface area contributed by atoms with E-state index in [9.17, 15) is 14.0 Å². The monoisotopic (exact) mass is 532 g/mol. The summed E-state index contributed by atoms with van der Waals surface area (Å²) in [5.74, 6) is -0.489. The zero-order chi connectivity index (χ0) is 24.9. The highest BCUT2D eigenvalue weighted by molar-refractivity contribution is 9.10. The molecule has 1 fully saturated rings. The number of carbonyl (C=O) groups excluding carboxylic acids is 2. The maximum atomic E-state index is 14.4. The highest BCUT2D eigenvalue weighted by Gasteiger charge is 2.29. The van der Waals surface area contributed by atoms with Crippen molar-refractivity contribution >= 4 is 27.7 Å². The van der Waals surface area contributed by atoms with E-state index < -0.39 is 11.9 Å². The molecular formula is C27H34BrFN2O3. The van der Waals surface area contributed by atoms with E-state index in [4.69, 9.17) is 4.74 Å². The lowest BCUT2D eigenvalue weighted by atomic mass is 9.87. The Morgan fingerprint density at radius 1 is 1.18 bits per heavy atom. The van der Waals surface area contributed by atoms with Crippen LogP contribution in [0.2, 0.25) is 0 Å². The molecule has 0 heterocycles.